The molecule has 4 heterocycles. The van der Waals surface area contributed by atoms with E-state index in [1.54, 1.807) is 19.4 Å². The third-order valence-electron chi connectivity index (χ3n) is 6.78. The van der Waals surface area contributed by atoms with Crippen molar-refractivity contribution in [2.45, 2.75) is 24.9 Å². The number of nitrogens with one attached hydrogen (secondary N) is 1. The van der Waals surface area contributed by atoms with Crippen LogP contribution in [-0.4, -0.2) is 65.6 Å². The van der Waals surface area contributed by atoms with E-state index in [1.165, 1.54) is 6.07 Å². The van der Waals surface area contributed by atoms with Gasteiger partial charge in [0.2, 0.25) is 0 Å². The van der Waals surface area contributed by atoms with Crippen molar-refractivity contribution < 1.29 is 19.0 Å². The van der Waals surface area contributed by atoms with Crippen molar-refractivity contribution in [2.75, 3.05) is 38.3 Å². The average Bonchev–Trinajstić information content (AvgIpc) is 3.21. The number of pyridine rings is 1. The number of phenols is 1. The van der Waals surface area contributed by atoms with E-state index >= 15 is 4.39 Å². The number of halogens is 1. The molecule has 180 valence electrons. The summed E-state index contributed by atoms with van der Waals surface area (Å²) in [6, 6.07) is 11.6. The number of hydrogen-bond donors (Lipinski definition) is 2. The number of piperazine rings is 1. The Labute approximate surface area is 201 Å². The van der Waals surface area contributed by atoms with E-state index in [0.717, 1.165) is 36.7 Å². The van der Waals surface area contributed by atoms with Gasteiger partial charge in [-0.25, -0.2) is 4.39 Å². The van der Waals surface area contributed by atoms with Gasteiger partial charge in [0.15, 0.2) is 5.82 Å². The van der Waals surface area contributed by atoms with E-state index in [4.69, 9.17) is 9.47 Å². The van der Waals surface area contributed by atoms with Crippen LogP contribution in [0.15, 0.2) is 42.6 Å². The average molecular weight is 476 g/mol. The maximum absolute atomic E-state index is 16.2. The molecule has 2 unspecified atom stereocenters. The fraction of sp³-hybridized carbons (Fsp3) is 0.346. The molecule has 2 N–H and O–H groups in total. The number of fused-ring (bicyclic) bond motifs is 4. The first kappa shape index (κ1) is 21.9. The van der Waals surface area contributed by atoms with Crippen molar-refractivity contribution in [3.8, 4) is 23.0 Å². The van der Waals surface area contributed by atoms with Gasteiger partial charge in [-0.05, 0) is 35.7 Å². The molecule has 2 aliphatic heterocycles. The van der Waals surface area contributed by atoms with Gasteiger partial charge >= 0.3 is 6.01 Å². The first-order valence-electron chi connectivity index (χ1n) is 11.8. The van der Waals surface area contributed by atoms with Gasteiger partial charge in [0.25, 0.3) is 0 Å². The molecule has 0 radical (unpaired) electrons. The topological polar surface area (TPSA) is 92.6 Å². The fourth-order valence-corrected chi connectivity index (χ4v) is 5.19. The van der Waals surface area contributed by atoms with Crippen LogP contribution in [0.2, 0.25) is 0 Å². The SMILES string of the molecule is COCCOc1nc(N2CC3CCC(C2)N3)c2cnc(-c3cc(O)cc4ccccc34)c(F)c2n1. The molecule has 0 spiro atoms. The van der Waals surface area contributed by atoms with E-state index < -0.39 is 5.82 Å². The third-order valence-corrected chi connectivity index (χ3v) is 6.78. The summed E-state index contributed by atoms with van der Waals surface area (Å²) in [4.78, 5) is 15.8. The Morgan fingerprint density at radius 2 is 1.89 bits per heavy atom. The lowest BCUT2D eigenvalue weighted by molar-refractivity contribution is 0.141. The number of benzene rings is 2. The van der Waals surface area contributed by atoms with Crippen LogP contribution < -0.4 is 15.0 Å². The normalized spacial score (nSPS) is 19.5. The van der Waals surface area contributed by atoms with Crippen molar-refractivity contribution in [3.05, 3.63) is 48.4 Å². The van der Waals surface area contributed by atoms with Crippen LogP contribution in [0.1, 0.15) is 12.8 Å². The number of aromatic nitrogens is 3. The zero-order chi connectivity index (χ0) is 23.9. The zero-order valence-corrected chi connectivity index (χ0v) is 19.4. The first-order valence-corrected chi connectivity index (χ1v) is 11.8. The Kier molecular flexibility index (Phi) is 5.58. The Morgan fingerprint density at radius 1 is 1.09 bits per heavy atom. The molecule has 2 aromatic heterocycles. The van der Waals surface area contributed by atoms with Crippen LogP contribution >= 0.6 is 0 Å². The molecular formula is C26H26FN5O3. The molecule has 6 rings (SSSR count). The van der Waals surface area contributed by atoms with E-state index in [1.807, 2.05) is 24.3 Å². The van der Waals surface area contributed by atoms with Crippen LogP contribution in [0, 0.1) is 5.82 Å². The predicted molar refractivity (Wildman–Crippen MR) is 131 cm³/mol. The van der Waals surface area contributed by atoms with Gasteiger partial charge in [0.05, 0.1) is 12.0 Å². The number of rotatable bonds is 6. The second-order valence-corrected chi connectivity index (χ2v) is 9.11. The minimum absolute atomic E-state index is 0.0447. The summed E-state index contributed by atoms with van der Waals surface area (Å²) in [6.45, 7) is 2.18. The lowest BCUT2D eigenvalue weighted by Gasteiger charge is -2.34. The number of nitrogens with zero attached hydrogens (tertiary/aromatic N) is 4. The van der Waals surface area contributed by atoms with Gasteiger partial charge in [-0.3, -0.25) is 4.98 Å². The van der Waals surface area contributed by atoms with E-state index in [-0.39, 0.29) is 29.6 Å². The first-order chi connectivity index (χ1) is 17.1. The quantitative estimate of drug-likeness (QED) is 0.408. The third kappa shape index (κ3) is 4.00. The van der Waals surface area contributed by atoms with Crippen LogP contribution in [-0.2, 0) is 4.74 Å². The number of methoxy groups -OCH3 is 1. The van der Waals surface area contributed by atoms with Crippen LogP contribution in [0.5, 0.6) is 11.8 Å². The van der Waals surface area contributed by atoms with Crippen molar-refractivity contribution in [3.63, 3.8) is 0 Å². The Bertz CT molecular complexity index is 1400. The summed E-state index contributed by atoms with van der Waals surface area (Å²) < 4.78 is 27.0. The maximum atomic E-state index is 16.2. The highest BCUT2D eigenvalue weighted by Crippen LogP contribution is 2.37. The van der Waals surface area contributed by atoms with Crippen molar-refractivity contribution >= 4 is 27.5 Å². The van der Waals surface area contributed by atoms with E-state index in [2.05, 4.69) is 25.2 Å². The molecule has 2 atom stereocenters. The molecular weight excluding hydrogens is 449 g/mol. The number of hydrogen-bond acceptors (Lipinski definition) is 8. The number of phenolic OH excluding ortho intramolecular Hbond substituents is 1. The maximum Gasteiger partial charge on any atom is 0.319 e. The molecule has 2 fully saturated rings. The zero-order valence-electron chi connectivity index (χ0n) is 19.4. The lowest BCUT2D eigenvalue weighted by atomic mass is 10.0. The van der Waals surface area contributed by atoms with Crippen molar-refractivity contribution in [2.24, 2.45) is 0 Å². The standard InChI is InChI=1S/C26H26FN5O3/c1-34-8-9-35-26-30-24-21(25(31-26)32-13-16-6-7-17(14-32)29-16)12-28-23(22(24)27)20-11-18(33)10-15-4-2-3-5-19(15)20/h2-5,10-12,16-17,29,33H,6-9,13-14H2,1H3. The largest absolute Gasteiger partial charge is 0.508 e. The molecule has 35 heavy (non-hydrogen) atoms. The highest BCUT2D eigenvalue weighted by Gasteiger charge is 2.34. The summed E-state index contributed by atoms with van der Waals surface area (Å²) in [6.07, 6.45) is 3.86. The molecule has 9 heteroatoms. The Balaban J connectivity index is 1.52. The Hall–Kier alpha value is -3.56. The molecule has 0 saturated carbocycles. The second-order valence-electron chi connectivity index (χ2n) is 9.11. The number of ether oxygens (including phenoxy) is 2. The summed E-state index contributed by atoms with van der Waals surface area (Å²) in [5.41, 5.74) is 0.769. The highest BCUT2D eigenvalue weighted by atomic mass is 19.1. The summed E-state index contributed by atoms with van der Waals surface area (Å²) >= 11 is 0. The van der Waals surface area contributed by atoms with Gasteiger partial charge in [-0.1, -0.05) is 24.3 Å². The van der Waals surface area contributed by atoms with Gasteiger partial charge in [0, 0.05) is 44.0 Å². The summed E-state index contributed by atoms with van der Waals surface area (Å²) in [5.74, 6) is 0.0967. The second kappa shape index (κ2) is 8.90. The monoisotopic (exact) mass is 475 g/mol. The highest BCUT2D eigenvalue weighted by molar-refractivity contribution is 5.99. The molecule has 2 aliphatic rings. The van der Waals surface area contributed by atoms with Gasteiger partial charge in [-0.15, -0.1) is 0 Å². The lowest BCUT2D eigenvalue weighted by Crippen LogP contribution is -2.51. The molecule has 0 aliphatic carbocycles. The molecule has 4 aromatic rings. The minimum Gasteiger partial charge on any atom is -0.508 e. The number of anilines is 1. The Morgan fingerprint density at radius 3 is 2.69 bits per heavy atom. The molecule has 2 saturated heterocycles. The molecule has 0 amide bonds. The smallest absolute Gasteiger partial charge is 0.319 e. The van der Waals surface area contributed by atoms with E-state index in [9.17, 15) is 5.11 Å². The molecule has 8 nitrogen and oxygen atoms in total. The van der Waals surface area contributed by atoms with Crippen LogP contribution in [0.3, 0.4) is 0 Å². The van der Waals surface area contributed by atoms with Crippen LogP contribution in [0.4, 0.5) is 10.2 Å². The van der Waals surface area contributed by atoms with E-state index in [0.29, 0.717) is 35.5 Å². The number of aromatic hydroxyl groups is 1. The van der Waals surface area contributed by atoms with Crippen molar-refractivity contribution in [1.82, 2.24) is 20.3 Å². The van der Waals surface area contributed by atoms with Crippen molar-refractivity contribution in [1.29, 1.82) is 0 Å². The van der Waals surface area contributed by atoms with Gasteiger partial charge in [0.1, 0.15) is 29.4 Å². The van der Waals surface area contributed by atoms with Crippen LogP contribution in [0.25, 0.3) is 32.9 Å². The summed E-state index contributed by atoms with van der Waals surface area (Å²) in [7, 11) is 1.59. The summed E-state index contributed by atoms with van der Waals surface area (Å²) in [5, 5.41) is 16.0. The molecule has 2 bridgehead atoms. The fourth-order valence-electron chi connectivity index (χ4n) is 5.19. The van der Waals surface area contributed by atoms with Gasteiger partial charge in [-0.2, -0.15) is 9.97 Å². The van der Waals surface area contributed by atoms with Gasteiger partial charge < -0.3 is 24.8 Å². The minimum atomic E-state index is -0.573. The molecule has 2 aromatic carbocycles. The predicted octanol–water partition coefficient (Wildman–Crippen LogP) is 3.66.